The summed E-state index contributed by atoms with van der Waals surface area (Å²) >= 11 is 0. The first-order valence-corrected chi connectivity index (χ1v) is 6.26. The lowest BCUT2D eigenvalue weighted by Crippen LogP contribution is -2.43. The van der Waals surface area contributed by atoms with E-state index < -0.39 is 18.1 Å². The molecule has 0 aromatic heterocycles. The predicted octanol–water partition coefficient (Wildman–Crippen LogP) is 1.45. The van der Waals surface area contributed by atoms with Crippen molar-refractivity contribution in [3.05, 3.63) is 35.9 Å². The van der Waals surface area contributed by atoms with Crippen LogP contribution in [0.1, 0.15) is 24.5 Å². The SMILES string of the molecule is COC(C(=O)N1CCC[C@H]1C(=O)O)c1ccccc1. The van der Waals surface area contributed by atoms with E-state index in [1.54, 1.807) is 12.1 Å². The quantitative estimate of drug-likeness (QED) is 0.892. The Morgan fingerprint density at radius 3 is 2.63 bits per heavy atom. The van der Waals surface area contributed by atoms with Gasteiger partial charge < -0.3 is 14.7 Å². The highest BCUT2D eigenvalue weighted by molar-refractivity contribution is 5.87. The van der Waals surface area contributed by atoms with Crippen molar-refractivity contribution in [3.8, 4) is 0 Å². The molecule has 0 spiro atoms. The van der Waals surface area contributed by atoms with Crippen LogP contribution in [-0.4, -0.2) is 41.6 Å². The van der Waals surface area contributed by atoms with Crippen LogP contribution in [0.25, 0.3) is 0 Å². The van der Waals surface area contributed by atoms with Gasteiger partial charge in [-0.15, -0.1) is 0 Å². The third-order valence-electron chi connectivity index (χ3n) is 3.38. The third-order valence-corrected chi connectivity index (χ3v) is 3.38. The van der Waals surface area contributed by atoms with E-state index in [0.29, 0.717) is 19.4 Å². The van der Waals surface area contributed by atoms with Crippen molar-refractivity contribution in [2.45, 2.75) is 25.0 Å². The standard InChI is InChI=1S/C14H17NO4/c1-19-12(10-6-3-2-4-7-10)13(16)15-9-5-8-11(15)14(17)18/h2-4,6-7,11-12H,5,8-9H2,1H3,(H,17,18)/t11-,12?/m0/s1. The molecule has 19 heavy (non-hydrogen) atoms. The normalized spacial score (nSPS) is 20.3. The highest BCUT2D eigenvalue weighted by Crippen LogP contribution is 2.25. The molecule has 1 amide bonds. The molecule has 1 fully saturated rings. The molecule has 102 valence electrons. The number of hydrogen-bond acceptors (Lipinski definition) is 3. The first-order chi connectivity index (χ1) is 9.15. The van der Waals surface area contributed by atoms with Crippen LogP contribution in [0.5, 0.6) is 0 Å². The van der Waals surface area contributed by atoms with Crippen molar-refractivity contribution in [1.82, 2.24) is 4.90 Å². The molecule has 0 aliphatic carbocycles. The zero-order valence-electron chi connectivity index (χ0n) is 10.8. The lowest BCUT2D eigenvalue weighted by Gasteiger charge is -2.26. The maximum absolute atomic E-state index is 12.4. The van der Waals surface area contributed by atoms with Gasteiger partial charge in [-0.25, -0.2) is 4.79 Å². The number of carboxylic acids is 1. The van der Waals surface area contributed by atoms with Gasteiger partial charge in [0.1, 0.15) is 6.04 Å². The Bertz CT molecular complexity index is 460. The minimum atomic E-state index is -0.950. The van der Waals surface area contributed by atoms with Crippen molar-refractivity contribution in [2.24, 2.45) is 0 Å². The number of likely N-dealkylation sites (tertiary alicyclic amines) is 1. The van der Waals surface area contributed by atoms with Gasteiger partial charge >= 0.3 is 5.97 Å². The molecule has 0 bridgehead atoms. The second kappa shape index (κ2) is 5.84. The Balaban J connectivity index is 2.19. The van der Waals surface area contributed by atoms with Gasteiger partial charge in [0.2, 0.25) is 0 Å². The van der Waals surface area contributed by atoms with Gasteiger partial charge in [-0.2, -0.15) is 0 Å². The molecule has 1 saturated heterocycles. The maximum Gasteiger partial charge on any atom is 0.326 e. The van der Waals surface area contributed by atoms with E-state index in [2.05, 4.69) is 0 Å². The largest absolute Gasteiger partial charge is 0.480 e. The molecule has 1 heterocycles. The van der Waals surface area contributed by atoms with E-state index in [0.717, 1.165) is 5.56 Å². The first kappa shape index (κ1) is 13.5. The molecule has 1 aromatic rings. The van der Waals surface area contributed by atoms with Crippen LogP contribution in [0.3, 0.4) is 0 Å². The zero-order valence-corrected chi connectivity index (χ0v) is 10.8. The highest BCUT2D eigenvalue weighted by Gasteiger charge is 2.37. The fourth-order valence-corrected chi connectivity index (χ4v) is 2.45. The van der Waals surface area contributed by atoms with E-state index in [9.17, 15) is 9.59 Å². The van der Waals surface area contributed by atoms with Gasteiger partial charge in [0, 0.05) is 13.7 Å². The van der Waals surface area contributed by atoms with Crippen molar-refractivity contribution < 1.29 is 19.4 Å². The molecule has 5 nitrogen and oxygen atoms in total. The minimum absolute atomic E-state index is 0.279. The van der Waals surface area contributed by atoms with Gasteiger partial charge in [0.15, 0.2) is 6.10 Å². The summed E-state index contributed by atoms with van der Waals surface area (Å²) in [5.41, 5.74) is 0.742. The summed E-state index contributed by atoms with van der Waals surface area (Å²) in [6.45, 7) is 0.475. The van der Waals surface area contributed by atoms with Crippen molar-refractivity contribution in [1.29, 1.82) is 0 Å². The van der Waals surface area contributed by atoms with Crippen LogP contribution < -0.4 is 0 Å². The molecule has 5 heteroatoms. The van der Waals surface area contributed by atoms with Crippen molar-refractivity contribution in [2.75, 3.05) is 13.7 Å². The van der Waals surface area contributed by atoms with E-state index in [-0.39, 0.29) is 5.91 Å². The minimum Gasteiger partial charge on any atom is -0.480 e. The van der Waals surface area contributed by atoms with Crippen molar-refractivity contribution in [3.63, 3.8) is 0 Å². The molecule has 1 aromatic carbocycles. The Hall–Kier alpha value is -1.88. The molecule has 0 radical (unpaired) electrons. The van der Waals surface area contributed by atoms with E-state index >= 15 is 0 Å². The van der Waals surface area contributed by atoms with Gasteiger partial charge in [-0.1, -0.05) is 30.3 Å². The average molecular weight is 263 g/mol. The fraction of sp³-hybridized carbons (Fsp3) is 0.429. The monoisotopic (exact) mass is 263 g/mol. The van der Waals surface area contributed by atoms with Gasteiger partial charge in [0.05, 0.1) is 0 Å². The number of benzene rings is 1. The van der Waals surface area contributed by atoms with Crippen molar-refractivity contribution >= 4 is 11.9 Å². The van der Waals surface area contributed by atoms with Crippen LogP contribution in [0.2, 0.25) is 0 Å². The van der Waals surface area contributed by atoms with Gasteiger partial charge in [-0.3, -0.25) is 4.79 Å². The molecule has 1 unspecified atom stereocenters. The Morgan fingerprint density at radius 1 is 1.37 bits per heavy atom. The highest BCUT2D eigenvalue weighted by atomic mass is 16.5. The summed E-state index contributed by atoms with van der Waals surface area (Å²) in [6, 6.07) is 8.39. The fourth-order valence-electron chi connectivity index (χ4n) is 2.45. The number of aliphatic carboxylic acids is 1. The summed E-state index contributed by atoms with van der Waals surface area (Å²) in [6.07, 6.45) is 0.487. The summed E-state index contributed by atoms with van der Waals surface area (Å²) in [7, 11) is 1.46. The molecule has 0 saturated carbocycles. The predicted molar refractivity (Wildman–Crippen MR) is 68.6 cm³/mol. The summed E-state index contributed by atoms with van der Waals surface area (Å²) < 4.78 is 5.25. The van der Waals surface area contributed by atoms with E-state index in [1.165, 1.54) is 12.0 Å². The number of amides is 1. The molecular weight excluding hydrogens is 246 g/mol. The van der Waals surface area contributed by atoms with Crippen LogP contribution in [0.4, 0.5) is 0 Å². The summed E-state index contributed by atoms with van der Waals surface area (Å²) in [5.74, 6) is -1.23. The Morgan fingerprint density at radius 2 is 2.05 bits per heavy atom. The summed E-state index contributed by atoms with van der Waals surface area (Å²) in [5, 5.41) is 9.12. The van der Waals surface area contributed by atoms with E-state index in [4.69, 9.17) is 9.84 Å². The molecule has 1 aliphatic rings. The second-order valence-corrected chi connectivity index (χ2v) is 4.55. The van der Waals surface area contributed by atoms with E-state index in [1.807, 2.05) is 18.2 Å². The number of nitrogens with zero attached hydrogens (tertiary/aromatic N) is 1. The van der Waals surface area contributed by atoms with Crippen LogP contribution >= 0.6 is 0 Å². The maximum atomic E-state index is 12.4. The smallest absolute Gasteiger partial charge is 0.326 e. The molecule has 2 atom stereocenters. The van der Waals surface area contributed by atoms with Crippen LogP contribution in [0, 0.1) is 0 Å². The molecule has 1 N–H and O–H groups in total. The topological polar surface area (TPSA) is 66.8 Å². The average Bonchev–Trinajstić information content (AvgIpc) is 2.90. The number of rotatable bonds is 4. The van der Waals surface area contributed by atoms with Gasteiger partial charge in [-0.05, 0) is 18.4 Å². The Labute approximate surface area is 111 Å². The third kappa shape index (κ3) is 2.76. The second-order valence-electron chi connectivity index (χ2n) is 4.55. The number of methoxy groups -OCH3 is 1. The van der Waals surface area contributed by atoms with Crippen LogP contribution in [-0.2, 0) is 14.3 Å². The molecule has 1 aliphatic heterocycles. The number of carbonyl (C=O) groups excluding carboxylic acids is 1. The lowest BCUT2D eigenvalue weighted by atomic mass is 10.1. The number of hydrogen-bond donors (Lipinski definition) is 1. The van der Waals surface area contributed by atoms with Crippen LogP contribution in [0.15, 0.2) is 30.3 Å². The number of ether oxygens (including phenoxy) is 1. The Kier molecular flexibility index (Phi) is 4.16. The number of carbonyl (C=O) groups is 2. The first-order valence-electron chi connectivity index (χ1n) is 6.26. The molecule has 2 rings (SSSR count). The zero-order chi connectivity index (χ0) is 13.8. The lowest BCUT2D eigenvalue weighted by molar-refractivity contribution is -0.153. The number of carboxylic acid groups (broad SMARTS) is 1. The summed E-state index contributed by atoms with van der Waals surface area (Å²) in [4.78, 5) is 25.0. The molecular formula is C14H17NO4. The van der Waals surface area contributed by atoms with Gasteiger partial charge in [0.25, 0.3) is 5.91 Å².